The Hall–Kier alpha value is -3.77. The number of nitrogens with one attached hydrogen (secondary N) is 2. The van der Waals surface area contributed by atoms with E-state index in [1.54, 1.807) is 6.08 Å². The van der Waals surface area contributed by atoms with Crippen molar-refractivity contribution in [1.29, 1.82) is 0 Å². The molecule has 1 fully saturated rings. The lowest BCUT2D eigenvalue weighted by atomic mass is 10.1. The molecule has 0 unspecified atom stereocenters. The van der Waals surface area contributed by atoms with E-state index < -0.39 is 17.8 Å². The predicted molar refractivity (Wildman–Crippen MR) is 134 cm³/mol. The number of pyridine rings is 1. The topological polar surface area (TPSA) is 95.5 Å². The van der Waals surface area contributed by atoms with Gasteiger partial charge in [0.2, 0.25) is 0 Å². The van der Waals surface area contributed by atoms with E-state index in [0.29, 0.717) is 56.0 Å². The maximum absolute atomic E-state index is 13.0. The quantitative estimate of drug-likeness (QED) is 0.565. The Labute approximate surface area is 212 Å². The first-order chi connectivity index (χ1) is 17.6. The van der Waals surface area contributed by atoms with Crippen LogP contribution in [-0.2, 0) is 17.5 Å². The normalized spacial score (nSPS) is 15.9. The van der Waals surface area contributed by atoms with Gasteiger partial charge >= 0.3 is 6.18 Å². The molecule has 2 aromatic heterocycles. The highest BCUT2D eigenvalue weighted by molar-refractivity contribution is 5.96. The molecule has 4 rings (SSSR count). The molecule has 0 aliphatic carbocycles. The standard InChI is InChI=1S/C25H28F3N7O2/c1-5-17(31-24(36)16-6-7-29-20(12-16)25(26,27)28)13-18(15(2)3)22-32-19-14-30-34(4)21(19)23(33-22)35-8-10-37-11-9-35/h5-7,12-13,30H,1,8-11,14H2,2-4H3,(H,31,36)/b17-13+. The van der Waals surface area contributed by atoms with E-state index >= 15 is 0 Å². The molecule has 1 amide bonds. The first-order valence-electron chi connectivity index (χ1n) is 11.7. The third kappa shape index (κ3) is 5.81. The third-order valence-corrected chi connectivity index (χ3v) is 5.94. The lowest BCUT2D eigenvalue weighted by molar-refractivity contribution is -0.141. The number of allylic oxidation sites excluding steroid dienone is 4. The minimum atomic E-state index is -4.66. The average Bonchev–Trinajstić information content (AvgIpc) is 3.26. The van der Waals surface area contributed by atoms with Crippen LogP contribution in [0.25, 0.3) is 5.57 Å². The van der Waals surface area contributed by atoms with Crippen LogP contribution in [0, 0.1) is 0 Å². The number of hydrogen-bond donors (Lipinski definition) is 2. The number of anilines is 2. The summed E-state index contributed by atoms with van der Waals surface area (Å²) in [6.45, 7) is 10.6. The van der Waals surface area contributed by atoms with Gasteiger partial charge in [0.1, 0.15) is 11.4 Å². The maximum atomic E-state index is 13.0. The molecule has 0 saturated carbocycles. The van der Waals surface area contributed by atoms with Gasteiger partial charge in [-0.05, 0) is 38.1 Å². The summed E-state index contributed by atoms with van der Waals surface area (Å²) in [6, 6.07) is 1.93. The van der Waals surface area contributed by atoms with Crippen LogP contribution in [0.3, 0.4) is 0 Å². The fourth-order valence-corrected chi connectivity index (χ4v) is 4.01. The Morgan fingerprint density at radius 2 is 1.97 bits per heavy atom. The second kappa shape index (κ2) is 10.7. The van der Waals surface area contributed by atoms with Gasteiger partial charge in [-0.15, -0.1) is 0 Å². The van der Waals surface area contributed by atoms with Crippen LogP contribution >= 0.6 is 0 Å². The van der Waals surface area contributed by atoms with Gasteiger partial charge in [-0.2, -0.15) is 13.2 Å². The van der Waals surface area contributed by atoms with Crippen molar-refractivity contribution in [3.8, 4) is 0 Å². The fraction of sp³-hybridized carbons (Fsp3) is 0.360. The lowest BCUT2D eigenvalue weighted by Crippen LogP contribution is -2.38. The minimum Gasteiger partial charge on any atom is -0.378 e. The van der Waals surface area contributed by atoms with Crippen LogP contribution in [0.4, 0.5) is 24.7 Å². The molecule has 2 aliphatic heterocycles. The van der Waals surface area contributed by atoms with E-state index in [4.69, 9.17) is 14.7 Å². The van der Waals surface area contributed by atoms with E-state index in [0.717, 1.165) is 29.0 Å². The number of hydrogen-bond acceptors (Lipinski definition) is 8. The van der Waals surface area contributed by atoms with Gasteiger partial charge in [0.05, 0.1) is 25.5 Å². The van der Waals surface area contributed by atoms with E-state index in [1.807, 2.05) is 25.9 Å². The van der Waals surface area contributed by atoms with Gasteiger partial charge in [0.15, 0.2) is 11.6 Å². The number of rotatable bonds is 6. The van der Waals surface area contributed by atoms with Gasteiger partial charge in [0.25, 0.3) is 5.91 Å². The number of morpholine rings is 1. The summed E-state index contributed by atoms with van der Waals surface area (Å²) >= 11 is 0. The highest BCUT2D eigenvalue weighted by atomic mass is 19.4. The molecule has 2 aromatic rings. The average molecular weight is 516 g/mol. The lowest BCUT2D eigenvalue weighted by Gasteiger charge is -2.30. The van der Waals surface area contributed by atoms with Crippen molar-refractivity contribution in [2.24, 2.45) is 0 Å². The van der Waals surface area contributed by atoms with Crippen LogP contribution in [0.2, 0.25) is 0 Å². The largest absolute Gasteiger partial charge is 0.433 e. The zero-order chi connectivity index (χ0) is 26.7. The van der Waals surface area contributed by atoms with Gasteiger partial charge < -0.3 is 20.0 Å². The Morgan fingerprint density at radius 3 is 2.62 bits per heavy atom. The number of ether oxygens (including phenoxy) is 1. The van der Waals surface area contributed by atoms with Crippen molar-refractivity contribution >= 4 is 23.0 Å². The number of aromatic nitrogens is 3. The molecule has 37 heavy (non-hydrogen) atoms. The van der Waals surface area contributed by atoms with Crippen molar-refractivity contribution in [2.45, 2.75) is 26.6 Å². The van der Waals surface area contributed by atoms with Crippen molar-refractivity contribution < 1.29 is 22.7 Å². The summed E-state index contributed by atoms with van der Waals surface area (Å²) in [5, 5.41) is 4.53. The van der Waals surface area contributed by atoms with Crippen molar-refractivity contribution in [2.75, 3.05) is 43.3 Å². The second-order valence-electron chi connectivity index (χ2n) is 8.76. The highest BCUT2D eigenvalue weighted by Crippen LogP contribution is 2.35. The zero-order valence-corrected chi connectivity index (χ0v) is 20.8. The number of carbonyl (C=O) groups is 1. The molecule has 9 nitrogen and oxygen atoms in total. The number of hydrazine groups is 1. The Kier molecular flexibility index (Phi) is 7.60. The van der Waals surface area contributed by atoms with Gasteiger partial charge in [-0.3, -0.25) is 9.78 Å². The first kappa shape index (κ1) is 26.3. The molecule has 2 aliphatic rings. The molecule has 2 N–H and O–H groups in total. The van der Waals surface area contributed by atoms with E-state index in [9.17, 15) is 18.0 Å². The van der Waals surface area contributed by atoms with Crippen molar-refractivity contribution in [3.63, 3.8) is 0 Å². The summed E-state index contributed by atoms with van der Waals surface area (Å²) < 4.78 is 44.6. The van der Waals surface area contributed by atoms with Crippen LogP contribution in [0.5, 0.6) is 0 Å². The van der Waals surface area contributed by atoms with Crippen LogP contribution in [-0.4, -0.2) is 54.2 Å². The Balaban J connectivity index is 1.68. The van der Waals surface area contributed by atoms with E-state index in [2.05, 4.69) is 27.2 Å². The van der Waals surface area contributed by atoms with Crippen LogP contribution in [0.1, 0.15) is 41.4 Å². The molecular formula is C25H28F3N7O2. The van der Waals surface area contributed by atoms with Crippen LogP contribution in [0.15, 0.2) is 48.3 Å². The van der Waals surface area contributed by atoms with Gasteiger partial charge in [-0.1, -0.05) is 12.2 Å². The summed E-state index contributed by atoms with van der Waals surface area (Å²) in [5.74, 6) is 0.527. The summed E-state index contributed by atoms with van der Waals surface area (Å²) in [4.78, 5) is 27.9. The molecule has 196 valence electrons. The molecule has 0 atom stereocenters. The monoisotopic (exact) mass is 515 g/mol. The number of fused-ring (bicyclic) bond motifs is 1. The first-order valence-corrected chi connectivity index (χ1v) is 11.7. The summed E-state index contributed by atoms with van der Waals surface area (Å²) in [6.07, 6.45) is -0.622. The predicted octanol–water partition coefficient (Wildman–Crippen LogP) is 3.47. The summed E-state index contributed by atoms with van der Waals surface area (Å²) in [5.41, 5.74) is 5.50. The minimum absolute atomic E-state index is 0.175. The molecule has 1 saturated heterocycles. The third-order valence-electron chi connectivity index (χ3n) is 5.94. The molecular weight excluding hydrogens is 487 g/mol. The molecule has 0 radical (unpaired) electrons. The maximum Gasteiger partial charge on any atom is 0.433 e. The van der Waals surface area contributed by atoms with Gasteiger partial charge in [-0.25, -0.2) is 15.4 Å². The second-order valence-corrected chi connectivity index (χ2v) is 8.76. The van der Waals surface area contributed by atoms with E-state index in [-0.39, 0.29) is 5.56 Å². The number of halogens is 3. The number of nitrogens with zero attached hydrogens (tertiary/aromatic N) is 5. The van der Waals surface area contributed by atoms with Crippen LogP contribution < -0.4 is 20.7 Å². The molecule has 4 heterocycles. The molecule has 0 aromatic carbocycles. The smallest absolute Gasteiger partial charge is 0.378 e. The number of amides is 1. The van der Waals surface area contributed by atoms with E-state index in [1.165, 1.54) is 12.1 Å². The summed E-state index contributed by atoms with van der Waals surface area (Å²) in [7, 11) is 1.91. The molecule has 0 bridgehead atoms. The highest BCUT2D eigenvalue weighted by Gasteiger charge is 2.33. The van der Waals surface area contributed by atoms with Gasteiger partial charge in [0, 0.05) is 43.2 Å². The Morgan fingerprint density at radius 1 is 1.24 bits per heavy atom. The van der Waals surface area contributed by atoms with Crippen molar-refractivity contribution in [1.82, 2.24) is 25.7 Å². The molecule has 12 heteroatoms. The molecule has 0 spiro atoms. The Bertz CT molecular complexity index is 1260. The fourth-order valence-electron chi connectivity index (χ4n) is 4.01. The van der Waals surface area contributed by atoms with Crippen molar-refractivity contribution in [3.05, 3.63) is 71.1 Å². The SMILES string of the molecule is C=C/C(=C\C(=C(C)C)c1nc2c(c(N3CCOCC3)n1)N(C)NC2)NC(=O)c1ccnc(C(F)(F)F)c1. The number of alkyl halides is 3. The number of carbonyl (C=O) groups excluding carboxylic acids is 1. The zero-order valence-electron chi connectivity index (χ0n) is 20.8.